The van der Waals surface area contributed by atoms with Crippen molar-refractivity contribution < 1.29 is 9.90 Å². The lowest BCUT2D eigenvalue weighted by molar-refractivity contribution is -0.149. The minimum Gasteiger partial charge on any atom is -0.480 e. The van der Waals surface area contributed by atoms with Gasteiger partial charge in [-0.3, -0.25) is 9.69 Å². The predicted octanol–water partition coefficient (Wildman–Crippen LogP) is 2.45. The highest BCUT2D eigenvalue weighted by Gasteiger charge is 2.34. The summed E-state index contributed by atoms with van der Waals surface area (Å²) in [7, 11) is 0. The summed E-state index contributed by atoms with van der Waals surface area (Å²) in [5, 5.41) is 10.3. The van der Waals surface area contributed by atoms with Gasteiger partial charge in [-0.05, 0) is 34.2 Å². The van der Waals surface area contributed by atoms with Gasteiger partial charge in [0.05, 0.1) is 10.7 Å². The molecule has 0 aliphatic rings. The van der Waals surface area contributed by atoms with Crippen LogP contribution in [0.3, 0.4) is 0 Å². The molecule has 0 amide bonds. The van der Waals surface area contributed by atoms with Crippen LogP contribution < -0.4 is 0 Å². The molecular formula is C12H20N2O2S. The van der Waals surface area contributed by atoms with Crippen LogP contribution in [0.2, 0.25) is 0 Å². The molecule has 4 nitrogen and oxygen atoms in total. The molecule has 96 valence electrons. The first-order valence-corrected chi connectivity index (χ1v) is 6.52. The van der Waals surface area contributed by atoms with Crippen molar-refractivity contribution in [1.29, 1.82) is 0 Å². The van der Waals surface area contributed by atoms with E-state index < -0.39 is 11.5 Å². The van der Waals surface area contributed by atoms with Crippen molar-refractivity contribution in [2.75, 3.05) is 6.54 Å². The van der Waals surface area contributed by atoms with Crippen molar-refractivity contribution >= 4 is 17.3 Å². The fourth-order valence-corrected chi connectivity index (χ4v) is 2.69. The van der Waals surface area contributed by atoms with Gasteiger partial charge in [-0.1, -0.05) is 6.92 Å². The van der Waals surface area contributed by atoms with E-state index in [0.29, 0.717) is 13.1 Å². The van der Waals surface area contributed by atoms with Gasteiger partial charge in [-0.15, -0.1) is 11.3 Å². The van der Waals surface area contributed by atoms with E-state index >= 15 is 0 Å². The Morgan fingerprint density at radius 2 is 2.06 bits per heavy atom. The second-order valence-corrected chi connectivity index (χ2v) is 5.91. The minimum absolute atomic E-state index is 0.646. The monoisotopic (exact) mass is 256 g/mol. The smallest absolute Gasteiger partial charge is 0.323 e. The van der Waals surface area contributed by atoms with E-state index in [9.17, 15) is 9.90 Å². The number of nitrogens with zero attached hydrogens (tertiary/aromatic N) is 2. The summed E-state index contributed by atoms with van der Waals surface area (Å²) < 4.78 is 0. The van der Waals surface area contributed by atoms with Crippen LogP contribution in [0.4, 0.5) is 0 Å². The molecule has 0 aliphatic carbocycles. The molecule has 1 N–H and O–H groups in total. The van der Waals surface area contributed by atoms with E-state index in [1.165, 1.54) is 0 Å². The van der Waals surface area contributed by atoms with Gasteiger partial charge >= 0.3 is 5.97 Å². The molecule has 0 saturated heterocycles. The van der Waals surface area contributed by atoms with Crippen molar-refractivity contribution in [2.45, 2.75) is 46.7 Å². The Morgan fingerprint density at radius 1 is 1.47 bits per heavy atom. The molecule has 0 aliphatic heterocycles. The first-order chi connectivity index (χ1) is 7.78. The molecule has 0 fully saturated rings. The number of aromatic nitrogens is 1. The van der Waals surface area contributed by atoms with Crippen molar-refractivity contribution in [2.24, 2.45) is 0 Å². The number of rotatable bonds is 5. The van der Waals surface area contributed by atoms with E-state index in [1.807, 2.05) is 25.7 Å². The number of aliphatic carboxylic acids is 1. The molecule has 0 spiro atoms. The average Bonchev–Trinajstić information content (AvgIpc) is 2.53. The number of carboxylic acids is 1. The third kappa shape index (κ3) is 3.04. The Labute approximate surface area is 106 Å². The quantitative estimate of drug-likeness (QED) is 0.879. The SMILES string of the molecule is CCN(Cc1sc(C)nc1C)C(C)(C)C(=O)O. The van der Waals surface area contributed by atoms with E-state index in [-0.39, 0.29) is 0 Å². The van der Waals surface area contributed by atoms with Gasteiger partial charge in [0.2, 0.25) is 0 Å². The maximum Gasteiger partial charge on any atom is 0.323 e. The third-order valence-electron chi connectivity index (χ3n) is 3.03. The van der Waals surface area contributed by atoms with Crippen molar-refractivity contribution in [3.63, 3.8) is 0 Å². The normalized spacial score (nSPS) is 12.1. The number of thiazole rings is 1. The van der Waals surface area contributed by atoms with Crippen LogP contribution >= 0.6 is 11.3 Å². The zero-order valence-corrected chi connectivity index (χ0v) is 11.9. The lowest BCUT2D eigenvalue weighted by Gasteiger charge is -2.33. The third-order valence-corrected chi connectivity index (χ3v) is 4.09. The summed E-state index contributed by atoms with van der Waals surface area (Å²) in [6, 6.07) is 0. The zero-order valence-electron chi connectivity index (χ0n) is 11.1. The summed E-state index contributed by atoms with van der Waals surface area (Å²) in [6.07, 6.45) is 0. The second-order valence-electron chi connectivity index (χ2n) is 4.62. The van der Waals surface area contributed by atoms with Gasteiger partial charge in [-0.2, -0.15) is 0 Å². The number of likely N-dealkylation sites (N-methyl/N-ethyl adjacent to an activating group) is 1. The highest BCUT2D eigenvalue weighted by Crippen LogP contribution is 2.23. The number of hydrogen-bond acceptors (Lipinski definition) is 4. The fraction of sp³-hybridized carbons (Fsp3) is 0.667. The van der Waals surface area contributed by atoms with Crippen LogP contribution in [-0.4, -0.2) is 33.0 Å². The predicted molar refractivity (Wildman–Crippen MR) is 69.4 cm³/mol. The molecule has 1 heterocycles. The van der Waals surface area contributed by atoms with Gasteiger partial charge in [-0.25, -0.2) is 4.98 Å². The first kappa shape index (κ1) is 14.1. The van der Waals surface area contributed by atoms with Crippen LogP contribution in [0.25, 0.3) is 0 Å². The van der Waals surface area contributed by atoms with Crippen LogP contribution in [0.5, 0.6) is 0 Å². The summed E-state index contributed by atoms with van der Waals surface area (Å²) in [4.78, 5) is 18.7. The number of carboxylic acid groups (broad SMARTS) is 1. The number of hydrogen-bond donors (Lipinski definition) is 1. The Bertz CT molecular complexity index is 413. The average molecular weight is 256 g/mol. The highest BCUT2D eigenvalue weighted by molar-refractivity contribution is 7.11. The summed E-state index contributed by atoms with van der Waals surface area (Å²) in [6.45, 7) is 10.8. The van der Waals surface area contributed by atoms with Gasteiger partial charge in [0.25, 0.3) is 0 Å². The Morgan fingerprint density at radius 3 is 2.41 bits per heavy atom. The van der Waals surface area contributed by atoms with Crippen LogP contribution in [0, 0.1) is 13.8 Å². The van der Waals surface area contributed by atoms with Crippen molar-refractivity contribution in [1.82, 2.24) is 9.88 Å². The molecule has 17 heavy (non-hydrogen) atoms. The molecule has 0 aromatic carbocycles. The van der Waals surface area contributed by atoms with Gasteiger partial charge in [0.1, 0.15) is 5.54 Å². The minimum atomic E-state index is -0.848. The first-order valence-electron chi connectivity index (χ1n) is 5.70. The van der Waals surface area contributed by atoms with E-state index in [4.69, 9.17) is 0 Å². The zero-order chi connectivity index (χ0) is 13.2. The Balaban J connectivity index is 2.91. The maximum absolute atomic E-state index is 11.2. The molecule has 0 unspecified atom stereocenters. The lowest BCUT2D eigenvalue weighted by atomic mass is 10.0. The molecule has 0 saturated carbocycles. The summed E-state index contributed by atoms with van der Waals surface area (Å²) >= 11 is 1.64. The van der Waals surface area contributed by atoms with Gasteiger partial charge in [0, 0.05) is 11.4 Å². The standard InChI is InChI=1S/C12H20N2O2S/c1-6-14(12(4,5)11(15)16)7-10-8(2)13-9(3)17-10/h6-7H2,1-5H3,(H,15,16). The van der Waals surface area contributed by atoms with Crippen molar-refractivity contribution in [3.05, 3.63) is 15.6 Å². The molecule has 0 radical (unpaired) electrons. The van der Waals surface area contributed by atoms with Crippen LogP contribution in [0.1, 0.15) is 36.3 Å². The molecule has 0 atom stereocenters. The maximum atomic E-state index is 11.2. The van der Waals surface area contributed by atoms with E-state index in [1.54, 1.807) is 25.2 Å². The number of aryl methyl sites for hydroxylation is 2. The largest absolute Gasteiger partial charge is 0.480 e. The fourth-order valence-electron chi connectivity index (χ4n) is 1.73. The van der Waals surface area contributed by atoms with E-state index in [2.05, 4.69) is 4.98 Å². The van der Waals surface area contributed by atoms with Crippen LogP contribution in [-0.2, 0) is 11.3 Å². The second kappa shape index (κ2) is 5.14. The summed E-state index contributed by atoms with van der Waals surface area (Å²) in [5.74, 6) is -0.793. The molecule has 1 aromatic heterocycles. The van der Waals surface area contributed by atoms with Crippen molar-refractivity contribution in [3.8, 4) is 0 Å². The Kier molecular flexibility index (Phi) is 4.27. The highest BCUT2D eigenvalue weighted by atomic mass is 32.1. The molecular weight excluding hydrogens is 236 g/mol. The Hall–Kier alpha value is -0.940. The molecule has 1 rings (SSSR count). The lowest BCUT2D eigenvalue weighted by Crippen LogP contribution is -2.49. The number of carbonyl (C=O) groups is 1. The molecule has 0 bridgehead atoms. The topological polar surface area (TPSA) is 53.4 Å². The van der Waals surface area contributed by atoms with Gasteiger partial charge < -0.3 is 5.11 Å². The van der Waals surface area contributed by atoms with E-state index in [0.717, 1.165) is 15.6 Å². The molecule has 1 aromatic rings. The van der Waals surface area contributed by atoms with Gasteiger partial charge in [0.15, 0.2) is 0 Å². The molecule has 5 heteroatoms. The van der Waals surface area contributed by atoms with Crippen LogP contribution in [0.15, 0.2) is 0 Å². The summed E-state index contributed by atoms with van der Waals surface area (Å²) in [5.41, 5.74) is 0.158.